The van der Waals surface area contributed by atoms with Crippen LogP contribution < -0.4 is 10.6 Å². The summed E-state index contributed by atoms with van der Waals surface area (Å²) in [4.78, 5) is 32.0. The summed E-state index contributed by atoms with van der Waals surface area (Å²) in [5, 5.41) is 27.3. The second-order valence-corrected chi connectivity index (χ2v) is 9.14. The van der Waals surface area contributed by atoms with Gasteiger partial charge in [-0.2, -0.15) is 0 Å². The van der Waals surface area contributed by atoms with Crippen LogP contribution in [0.2, 0.25) is 0 Å². The fourth-order valence-electron chi connectivity index (χ4n) is 4.02. The molecule has 2 N–H and O–H groups in total. The lowest BCUT2D eigenvalue weighted by molar-refractivity contribution is -0.385. The van der Waals surface area contributed by atoms with E-state index in [0.717, 1.165) is 24.2 Å². The first kappa shape index (κ1) is 22.4. The third-order valence-corrected chi connectivity index (χ3v) is 5.79. The molecule has 2 aliphatic heterocycles. The summed E-state index contributed by atoms with van der Waals surface area (Å²) in [5.41, 5.74) is 3.53. The van der Waals surface area contributed by atoms with E-state index < -0.39 is 4.92 Å². The molecule has 0 spiro atoms. The van der Waals surface area contributed by atoms with E-state index in [1.54, 1.807) is 18.2 Å². The summed E-state index contributed by atoms with van der Waals surface area (Å²) < 4.78 is 0. The Kier molecular flexibility index (Phi) is 5.82. The molecule has 0 aromatic heterocycles. The van der Waals surface area contributed by atoms with E-state index in [-0.39, 0.29) is 33.0 Å². The molecule has 164 valence electrons. The molecule has 0 unspecified atom stereocenters. The summed E-state index contributed by atoms with van der Waals surface area (Å²) in [5.74, 6) is -0.238. The number of carbonyl (C=O) groups excluding carboxylic acids is 1. The number of amides is 1. The number of rotatable bonds is 2. The van der Waals surface area contributed by atoms with Gasteiger partial charge in [-0.25, -0.2) is 0 Å². The number of non-ortho nitro benzene ring substituents is 2. The van der Waals surface area contributed by atoms with Crippen molar-refractivity contribution in [3.8, 4) is 0 Å². The summed E-state index contributed by atoms with van der Waals surface area (Å²) in [6.45, 7) is 10.5. The fourth-order valence-corrected chi connectivity index (χ4v) is 4.02. The molecule has 9 heteroatoms. The van der Waals surface area contributed by atoms with Gasteiger partial charge in [-0.05, 0) is 16.7 Å². The molecule has 0 fully saturated rings. The van der Waals surface area contributed by atoms with Crippen molar-refractivity contribution in [1.82, 2.24) is 10.6 Å². The Morgan fingerprint density at radius 3 is 2.00 bits per heavy atom. The standard InChI is InChI=1S/C11H12N2O3.C11H14N2O2/c1-11(2)6-12-10(14)8-5-7(13(15)16)3-4-9(8)11;1-11(2)7-12-6-8-5-9(13(14)15)3-4-10(8)11/h3-5H,6H2,1-2H3,(H,12,14);3-5,12H,6-7H2,1-2H3. The molecule has 2 aromatic rings. The molecule has 0 saturated carbocycles. The molecule has 0 aliphatic carbocycles. The zero-order valence-corrected chi connectivity index (χ0v) is 18.0. The number of carbonyl (C=O) groups is 1. The summed E-state index contributed by atoms with van der Waals surface area (Å²) in [6, 6.07) is 9.60. The van der Waals surface area contributed by atoms with Gasteiger partial charge in [-0.15, -0.1) is 0 Å². The maximum Gasteiger partial charge on any atom is 0.270 e. The Bertz CT molecular complexity index is 1060. The Morgan fingerprint density at radius 2 is 1.39 bits per heavy atom. The van der Waals surface area contributed by atoms with Crippen LogP contribution >= 0.6 is 0 Å². The van der Waals surface area contributed by atoms with Gasteiger partial charge in [0.1, 0.15) is 0 Å². The summed E-state index contributed by atoms with van der Waals surface area (Å²) in [6.07, 6.45) is 0. The second-order valence-electron chi connectivity index (χ2n) is 9.14. The minimum Gasteiger partial charge on any atom is -0.351 e. The van der Waals surface area contributed by atoms with Gasteiger partial charge in [0, 0.05) is 60.3 Å². The normalized spacial score (nSPS) is 17.9. The molecule has 2 heterocycles. The number of hydrogen-bond acceptors (Lipinski definition) is 6. The van der Waals surface area contributed by atoms with Crippen molar-refractivity contribution >= 4 is 17.3 Å². The number of nitro groups is 2. The van der Waals surface area contributed by atoms with Gasteiger partial charge >= 0.3 is 0 Å². The molecule has 9 nitrogen and oxygen atoms in total. The van der Waals surface area contributed by atoms with E-state index in [0.29, 0.717) is 12.1 Å². The lowest BCUT2D eigenvalue weighted by atomic mass is 9.79. The Balaban J connectivity index is 0.000000176. The third kappa shape index (κ3) is 4.56. The predicted molar refractivity (Wildman–Crippen MR) is 116 cm³/mol. The van der Waals surface area contributed by atoms with Gasteiger partial charge in [-0.1, -0.05) is 39.8 Å². The topological polar surface area (TPSA) is 127 Å². The Morgan fingerprint density at radius 1 is 0.839 bits per heavy atom. The van der Waals surface area contributed by atoms with E-state index in [2.05, 4.69) is 24.5 Å². The van der Waals surface area contributed by atoms with Crippen molar-refractivity contribution < 1.29 is 14.6 Å². The van der Waals surface area contributed by atoms with Crippen LogP contribution in [0, 0.1) is 20.2 Å². The van der Waals surface area contributed by atoms with Crippen LogP contribution in [-0.4, -0.2) is 28.8 Å². The average molecular weight is 426 g/mol. The molecular weight excluding hydrogens is 400 g/mol. The zero-order chi connectivity index (χ0) is 23.0. The van der Waals surface area contributed by atoms with Crippen LogP contribution in [0.5, 0.6) is 0 Å². The van der Waals surface area contributed by atoms with E-state index >= 15 is 0 Å². The largest absolute Gasteiger partial charge is 0.351 e. The second kappa shape index (κ2) is 8.07. The SMILES string of the molecule is CC1(C)CNC(=O)c2cc([N+](=O)[O-])ccc21.CC1(C)CNCc2cc([N+](=O)[O-])ccc21. The van der Waals surface area contributed by atoms with Crippen molar-refractivity contribution in [1.29, 1.82) is 0 Å². The van der Waals surface area contributed by atoms with E-state index in [4.69, 9.17) is 0 Å². The quantitative estimate of drug-likeness (QED) is 0.558. The highest BCUT2D eigenvalue weighted by molar-refractivity contribution is 5.98. The number of nitrogens with one attached hydrogen (secondary N) is 2. The van der Waals surface area contributed by atoms with Gasteiger partial charge < -0.3 is 10.6 Å². The minimum atomic E-state index is -0.491. The van der Waals surface area contributed by atoms with Gasteiger partial charge in [0.05, 0.1) is 9.85 Å². The van der Waals surface area contributed by atoms with Crippen molar-refractivity contribution in [2.45, 2.75) is 45.1 Å². The predicted octanol–water partition coefficient (Wildman–Crippen LogP) is 3.59. The van der Waals surface area contributed by atoms with Crippen LogP contribution in [0.1, 0.15) is 54.7 Å². The van der Waals surface area contributed by atoms with Gasteiger partial charge in [0.15, 0.2) is 0 Å². The molecule has 0 bridgehead atoms. The smallest absolute Gasteiger partial charge is 0.270 e. The van der Waals surface area contributed by atoms with Crippen LogP contribution in [0.4, 0.5) is 11.4 Å². The Hall–Kier alpha value is -3.33. The number of fused-ring (bicyclic) bond motifs is 2. The van der Waals surface area contributed by atoms with E-state index in [1.165, 1.54) is 17.7 Å². The first-order valence-electron chi connectivity index (χ1n) is 9.98. The van der Waals surface area contributed by atoms with Gasteiger partial charge in [0.25, 0.3) is 17.3 Å². The Labute approximate surface area is 180 Å². The first-order chi connectivity index (χ1) is 14.4. The van der Waals surface area contributed by atoms with E-state index in [9.17, 15) is 25.0 Å². The molecule has 31 heavy (non-hydrogen) atoms. The molecule has 0 radical (unpaired) electrons. The monoisotopic (exact) mass is 426 g/mol. The lowest BCUT2D eigenvalue weighted by Crippen LogP contribution is -2.43. The van der Waals surface area contributed by atoms with Crippen LogP contribution in [0.15, 0.2) is 36.4 Å². The summed E-state index contributed by atoms with van der Waals surface area (Å²) >= 11 is 0. The number of hydrogen-bond donors (Lipinski definition) is 2. The van der Waals surface area contributed by atoms with Gasteiger partial charge in [0.2, 0.25) is 0 Å². The molecule has 2 aromatic carbocycles. The number of benzene rings is 2. The first-order valence-corrected chi connectivity index (χ1v) is 9.98. The highest BCUT2D eigenvalue weighted by atomic mass is 16.6. The molecule has 0 atom stereocenters. The third-order valence-electron chi connectivity index (χ3n) is 5.79. The highest BCUT2D eigenvalue weighted by Crippen LogP contribution is 2.32. The molecule has 4 rings (SSSR count). The molecule has 0 saturated heterocycles. The van der Waals surface area contributed by atoms with Crippen LogP contribution in [0.25, 0.3) is 0 Å². The number of nitrogens with zero attached hydrogens (tertiary/aromatic N) is 2. The van der Waals surface area contributed by atoms with Crippen molar-refractivity contribution in [2.24, 2.45) is 0 Å². The van der Waals surface area contributed by atoms with Crippen molar-refractivity contribution in [3.05, 3.63) is 78.9 Å². The molecular formula is C22H26N4O5. The van der Waals surface area contributed by atoms with Gasteiger partial charge in [-0.3, -0.25) is 25.0 Å². The minimum absolute atomic E-state index is 0.0494. The lowest BCUT2D eigenvalue weighted by Gasteiger charge is -2.32. The maximum absolute atomic E-state index is 11.6. The molecule has 1 amide bonds. The highest BCUT2D eigenvalue weighted by Gasteiger charge is 2.32. The van der Waals surface area contributed by atoms with Crippen molar-refractivity contribution in [2.75, 3.05) is 13.1 Å². The summed E-state index contributed by atoms with van der Waals surface area (Å²) in [7, 11) is 0. The fraction of sp³-hybridized carbons (Fsp3) is 0.409. The van der Waals surface area contributed by atoms with Crippen molar-refractivity contribution in [3.63, 3.8) is 0 Å². The van der Waals surface area contributed by atoms with Crippen LogP contribution in [0.3, 0.4) is 0 Å². The van der Waals surface area contributed by atoms with E-state index in [1.807, 2.05) is 19.9 Å². The zero-order valence-electron chi connectivity index (χ0n) is 18.0. The molecule has 2 aliphatic rings. The average Bonchev–Trinajstić information content (AvgIpc) is 2.70. The number of nitro benzene ring substituents is 2. The van der Waals surface area contributed by atoms with Crippen LogP contribution in [-0.2, 0) is 17.4 Å². The maximum atomic E-state index is 11.6.